The van der Waals surface area contributed by atoms with Crippen LogP contribution in [-0.2, 0) is 9.53 Å². The van der Waals surface area contributed by atoms with E-state index in [0.29, 0.717) is 38.4 Å². The molecule has 10 atom stereocenters. The Morgan fingerprint density at radius 2 is 2.12 bits per heavy atom. The van der Waals surface area contributed by atoms with Gasteiger partial charge in [0.15, 0.2) is 0 Å². The Bertz CT molecular complexity index is 1160. The first-order chi connectivity index (χ1) is 19.6. The van der Waals surface area contributed by atoms with Crippen LogP contribution in [0.25, 0.3) is 0 Å². The second-order valence-corrected chi connectivity index (χ2v) is 13.8. The van der Waals surface area contributed by atoms with Crippen molar-refractivity contribution in [2.24, 2.45) is 44.7 Å². The number of aliphatic hydroxyl groups is 3. The van der Waals surface area contributed by atoms with Gasteiger partial charge in [-0.2, -0.15) is 0 Å². The summed E-state index contributed by atoms with van der Waals surface area (Å²) in [6.45, 7) is 4.82. The molecule has 0 aromatic rings. The van der Waals surface area contributed by atoms with Crippen molar-refractivity contribution < 1.29 is 34.9 Å². The van der Waals surface area contributed by atoms with Gasteiger partial charge >= 0.3 is 0 Å². The molecule has 7 N–H and O–H groups in total. The lowest BCUT2D eigenvalue weighted by molar-refractivity contribution is -0.831. The second-order valence-electron chi connectivity index (χ2n) is 13.8. The number of nitrogens with zero attached hydrogens (tertiary/aromatic N) is 1. The number of carbonyl (C=O) groups is 1. The van der Waals surface area contributed by atoms with Gasteiger partial charge in [0.2, 0.25) is 0 Å². The van der Waals surface area contributed by atoms with E-state index in [0.717, 1.165) is 55.5 Å². The summed E-state index contributed by atoms with van der Waals surface area (Å²) in [7, 11) is 1.72. The lowest BCUT2D eigenvalue weighted by Crippen LogP contribution is -3.19. The number of aliphatic imine (C=N–C) groups is 1. The molecule has 1 unspecified atom stereocenters. The maximum atomic E-state index is 13.1. The highest BCUT2D eigenvalue weighted by molar-refractivity contribution is 5.91. The van der Waals surface area contributed by atoms with E-state index in [2.05, 4.69) is 29.4 Å². The number of ether oxygens (including phenoxy) is 1. The van der Waals surface area contributed by atoms with Gasteiger partial charge in [0.25, 0.3) is 5.96 Å². The Hall–Kier alpha value is -1.82. The fourth-order valence-electron chi connectivity index (χ4n) is 11.0. The molecule has 5 aliphatic carbocycles. The SMILES string of the molecule is CN=C(N)[NH+]1CC[C@@]2(CNCCO)C=C[C@H]3[C@@]45C(=C(C(=O)[O-])[C@@]3(O)CO[C@@H]3CCC[C@@H](O)C3)C[C@@H](CC[C@H]4C)[C@]25C1. The molecule has 0 aromatic carbocycles. The third kappa shape index (κ3) is 3.83. The van der Waals surface area contributed by atoms with Crippen molar-refractivity contribution in [1.82, 2.24) is 5.32 Å². The molecule has 0 amide bonds. The van der Waals surface area contributed by atoms with Crippen LogP contribution in [-0.4, -0.2) is 91.5 Å². The van der Waals surface area contributed by atoms with E-state index in [4.69, 9.17) is 10.5 Å². The van der Waals surface area contributed by atoms with Crippen LogP contribution >= 0.6 is 0 Å². The number of likely N-dealkylation sites (tertiary alicyclic amines) is 1. The molecule has 1 saturated heterocycles. The van der Waals surface area contributed by atoms with Gasteiger partial charge in [-0.25, -0.2) is 4.99 Å². The molecule has 228 valence electrons. The minimum absolute atomic E-state index is 0.0301. The zero-order valence-electron chi connectivity index (χ0n) is 24.5. The van der Waals surface area contributed by atoms with Crippen molar-refractivity contribution in [2.45, 2.75) is 76.1 Å². The molecular formula is C31H48N4O6. The molecule has 0 aromatic heterocycles. The largest absolute Gasteiger partial charge is 0.545 e. The van der Waals surface area contributed by atoms with Crippen LogP contribution in [0.15, 0.2) is 28.3 Å². The lowest BCUT2D eigenvalue weighted by atomic mass is 9.36. The molecule has 2 bridgehead atoms. The molecule has 2 spiro atoms. The third-order valence-corrected chi connectivity index (χ3v) is 12.4. The van der Waals surface area contributed by atoms with E-state index in [1.54, 1.807) is 7.05 Å². The van der Waals surface area contributed by atoms with Gasteiger partial charge in [0.1, 0.15) is 5.60 Å². The van der Waals surface area contributed by atoms with Crippen LogP contribution in [0, 0.1) is 34.0 Å². The van der Waals surface area contributed by atoms with Crippen LogP contribution in [0.4, 0.5) is 0 Å². The first-order valence-electron chi connectivity index (χ1n) is 15.7. The topological polar surface area (TPSA) is 165 Å². The summed E-state index contributed by atoms with van der Waals surface area (Å²) in [4.78, 5) is 18.6. The molecule has 6 aliphatic rings. The van der Waals surface area contributed by atoms with Crippen LogP contribution in [0.5, 0.6) is 0 Å². The van der Waals surface area contributed by atoms with Crippen LogP contribution in [0.2, 0.25) is 0 Å². The molecule has 1 heterocycles. The van der Waals surface area contributed by atoms with Crippen molar-refractivity contribution in [3.05, 3.63) is 23.3 Å². The molecule has 3 saturated carbocycles. The minimum Gasteiger partial charge on any atom is -0.545 e. The number of quaternary nitrogens is 1. The van der Waals surface area contributed by atoms with E-state index in [9.17, 15) is 25.2 Å². The Labute approximate surface area is 242 Å². The zero-order valence-corrected chi connectivity index (χ0v) is 24.5. The number of piperidine rings is 1. The van der Waals surface area contributed by atoms with Gasteiger partial charge in [-0.05, 0) is 56.8 Å². The normalized spacial score (nSPS) is 46.9. The van der Waals surface area contributed by atoms with Crippen LogP contribution in [0.1, 0.15) is 58.3 Å². The number of aliphatic carboxylic acids is 1. The summed E-state index contributed by atoms with van der Waals surface area (Å²) in [5.41, 5.74) is 4.39. The number of rotatable bonds is 8. The molecule has 4 fully saturated rings. The molecular weight excluding hydrogens is 524 g/mol. The van der Waals surface area contributed by atoms with Gasteiger partial charge in [0.05, 0.1) is 44.5 Å². The van der Waals surface area contributed by atoms with Gasteiger partial charge in [-0.3, -0.25) is 4.90 Å². The van der Waals surface area contributed by atoms with Crippen molar-refractivity contribution in [1.29, 1.82) is 0 Å². The average molecular weight is 573 g/mol. The third-order valence-electron chi connectivity index (χ3n) is 12.4. The van der Waals surface area contributed by atoms with Crippen molar-refractivity contribution in [3.8, 4) is 0 Å². The van der Waals surface area contributed by atoms with Gasteiger partial charge in [-0.15, -0.1) is 0 Å². The first-order valence-corrected chi connectivity index (χ1v) is 15.7. The first kappa shape index (κ1) is 29.3. The summed E-state index contributed by atoms with van der Waals surface area (Å²) >= 11 is 0. The second kappa shape index (κ2) is 10.4. The number of carboxylic acids is 1. The predicted molar refractivity (Wildman–Crippen MR) is 150 cm³/mol. The van der Waals surface area contributed by atoms with Crippen LogP contribution < -0.4 is 21.1 Å². The molecule has 41 heavy (non-hydrogen) atoms. The fraction of sp³-hybridized carbons (Fsp3) is 0.806. The number of guanidine groups is 1. The highest BCUT2D eigenvalue weighted by atomic mass is 16.5. The number of allylic oxidation sites excluding steroid dienone is 1. The zero-order chi connectivity index (χ0) is 29.2. The summed E-state index contributed by atoms with van der Waals surface area (Å²) < 4.78 is 6.31. The van der Waals surface area contributed by atoms with E-state index >= 15 is 0 Å². The van der Waals surface area contributed by atoms with Crippen molar-refractivity contribution in [3.63, 3.8) is 0 Å². The Morgan fingerprint density at radius 1 is 1.32 bits per heavy atom. The summed E-state index contributed by atoms with van der Waals surface area (Å²) in [5, 5.41) is 49.1. The van der Waals surface area contributed by atoms with Gasteiger partial charge < -0.3 is 41.0 Å². The molecule has 10 nitrogen and oxygen atoms in total. The summed E-state index contributed by atoms with van der Waals surface area (Å²) in [6, 6.07) is 0. The molecule has 1 aliphatic heterocycles. The smallest absolute Gasteiger partial charge is 0.293 e. The quantitative estimate of drug-likeness (QED) is 0.0886. The Morgan fingerprint density at radius 3 is 2.83 bits per heavy atom. The van der Waals surface area contributed by atoms with E-state index in [1.165, 1.54) is 0 Å². The van der Waals surface area contributed by atoms with Crippen molar-refractivity contribution in [2.75, 3.05) is 46.4 Å². The molecule has 0 radical (unpaired) electrons. The average Bonchev–Trinajstić information content (AvgIpc) is 3.29. The highest BCUT2D eigenvalue weighted by Crippen LogP contribution is 2.82. The maximum absolute atomic E-state index is 13.1. The number of carboxylic acid groups (broad SMARTS) is 1. The molecule has 10 heteroatoms. The van der Waals surface area contributed by atoms with Crippen LogP contribution in [0.3, 0.4) is 0 Å². The van der Waals surface area contributed by atoms with E-state index < -0.39 is 29.0 Å². The summed E-state index contributed by atoms with van der Waals surface area (Å²) in [6.07, 6.45) is 10.00. The molecule has 6 rings (SSSR count). The Balaban J connectivity index is 1.52. The van der Waals surface area contributed by atoms with Crippen molar-refractivity contribution >= 4 is 11.9 Å². The standard InChI is InChI=1S/C31H48N4O6/c1-19-6-7-20-14-23-25(26(38)39)29(40,18-41-22-5-3-4-21(37)15-22)24-8-9-28(16-34-11-13-36)10-12-35(27(32)33-2)17-30(20,28)31(19,23)24/h8-9,19-22,24,34,36-37,40H,3-7,10-18H2,1-2H3,(H2,32,33)(H,38,39)/t19-,20-,21-,22-,24-,28-,29-,30-,31+/m1/s1. The minimum atomic E-state index is -1.73. The number of nitrogens with one attached hydrogen (secondary N) is 2. The predicted octanol–water partition coefficient (Wildman–Crippen LogP) is -1.49. The van der Waals surface area contributed by atoms with Gasteiger partial charge in [-0.1, -0.05) is 24.6 Å². The highest BCUT2D eigenvalue weighted by Gasteiger charge is 2.83. The Kier molecular flexibility index (Phi) is 7.43. The number of hydrogen-bond donors (Lipinski definition) is 6. The van der Waals surface area contributed by atoms with E-state index in [1.807, 2.05) is 0 Å². The number of carbonyl (C=O) groups excluding carboxylic acids is 1. The van der Waals surface area contributed by atoms with E-state index in [-0.39, 0.29) is 47.6 Å². The maximum Gasteiger partial charge on any atom is 0.293 e. The fourth-order valence-corrected chi connectivity index (χ4v) is 11.0. The van der Waals surface area contributed by atoms with Gasteiger partial charge in [0, 0.05) is 54.3 Å². The number of hydrogen-bond acceptors (Lipinski definition) is 8. The monoisotopic (exact) mass is 572 g/mol. The number of nitrogens with two attached hydrogens (primary N) is 1. The lowest BCUT2D eigenvalue weighted by Gasteiger charge is -2.68. The number of aliphatic hydroxyl groups excluding tert-OH is 2. The summed E-state index contributed by atoms with van der Waals surface area (Å²) in [5.74, 6) is -0.861.